The Balaban J connectivity index is 1.88. The molecule has 0 radical (unpaired) electrons. The first-order valence-electron chi connectivity index (χ1n) is 6.75. The van der Waals surface area contributed by atoms with Crippen LogP contribution in [0.25, 0.3) is 0 Å². The van der Waals surface area contributed by atoms with Crippen molar-refractivity contribution >= 4 is 5.97 Å². The van der Waals surface area contributed by atoms with E-state index in [1.54, 1.807) is 0 Å². The van der Waals surface area contributed by atoms with Gasteiger partial charge in [0.2, 0.25) is 0 Å². The van der Waals surface area contributed by atoms with E-state index in [0.29, 0.717) is 6.54 Å². The minimum absolute atomic E-state index is 0.0337. The van der Waals surface area contributed by atoms with Crippen molar-refractivity contribution in [3.8, 4) is 0 Å². The molecule has 0 aliphatic heterocycles. The van der Waals surface area contributed by atoms with E-state index in [9.17, 15) is 4.79 Å². The summed E-state index contributed by atoms with van der Waals surface area (Å²) in [5.74, 6) is -1.06. The molecular formula is C14H16N4O2. The van der Waals surface area contributed by atoms with Crippen LogP contribution < -0.4 is 0 Å². The first-order valence-corrected chi connectivity index (χ1v) is 6.75. The minimum atomic E-state index is -1.06. The van der Waals surface area contributed by atoms with Gasteiger partial charge in [0.05, 0.1) is 12.7 Å². The number of carbonyl (C=O) groups is 1. The molecule has 1 aliphatic rings. The molecular weight excluding hydrogens is 256 g/mol. The predicted octanol–water partition coefficient (Wildman–Crippen LogP) is 1.61. The molecule has 0 aromatic carbocycles. The maximum Gasteiger partial charge on any atom is 0.358 e. The summed E-state index contributed by atoms with van der Waals surface area (Å²) in [6.45, 7) is 2.44. The summed E-state index contributed by atoms with van der Waals surface area (Å²) in [7, 11) is 0. The molecule has 0 atom stereocenters. The molecule has 0 bridgehead atoms. The Hall–Kier alpha value is -2.24. The SMILES string of the molecule is Cc1nc2c(cc1Cn1ncc(C(=O)O)n1)CCCC2. The first-order chi connectivity index (χ1) is 9.63. The van der Waals surface area contributed by atoms with Crippen molar-refractivity contribution in [2.45, 2.75) is 39.2 Å². The number of aromatic nitrogens is 4. The van der Waals surface area contributed by atoms with Gasteiger partial charge in [-0.05, 0) is 43.7 Å². The van der Waals surface area contributed by atoms with Crippen LogP contribution in [0.1, 0.15) is 45.8 Å². The zero-order chi connectivity index (χ0) is 14.1. The van der Waals surface area contributed by atoms with E-state index in [2.05, 4.69) is 21.2 Å². The summed E-state index contributed by atoms with van der Waals surface area (Å²) in [4.78, 5) is 16.9. The van der Waals surface area contributed by atoms with Gasteiger partial charge in [0.15, 0.2) is 5.69 Å². The van der Waals surface area contributed by atoms with Crippen molar-refractivity contribution < 1.29 is 9.90 Å². The molecule has 2 heterocycles. The second kappa shape index (κ2) is 5.03. The number of aromatic carboxylic acids is 1. The lowest BCUT2D eigenvalue weighted by molar-refractivity contribution is 0.0689. The molecule has 2 aromatic rings. The minimum Gasteiger partial charge on any atom is -0.476 e. The number of aryl methyl sites for hydroxylation is 3. The Morgan fingerprint density at radius 1 is 1.40 bits per heavy atom. The van der Waals surface area contributed by atoms with E-state index in [0.717, 1.165) is 24.1 Å². The summed E-state index contributed by atoms with van der Waals surface area (Å²) in [5, 5.41) is 16.8. The molecule has 104 valence electrons. The van der Waals surface area contributed by atoms with Gasteiger partial charge in [-0.1, -0.05) is 6.07 Å². The number of pyridine rings is 1. The third-order valence-corrected chi connectivity index (χ3v) is 3.66. The highest BCUT2D eigenvalue weighted by atomic mass is 16.4. The highest BCUT2D eigenvalue weighted by Gasteiger charge is 2.14. The molecule has 0 spiro atoms. The fraction of sp³-hybridized carbons (Fsp3) is 0.429. The number of carboxylic acids is 1. The summed E-state index contributed by atoms with van der Waals surface area (Å²) in [6, 6.07) is 2.17. The van der Waals surface area contributed by atoms with Crippen molar-refractivity contribution in [2.24, 2.45) is 0 Å². The van der Waals surface area contributed by atoms with Crippen LogP contribution >= 0.6 is 0 Å². The van der Waals surface area contributed by atoms with Crippen LogP contribution in [0.3, 0.4) is 0 Å². The lowest BCUT2D eigenvalue weighted by Crippen LogP contribution is -2.12. The summed E-state index contributed by atoms with van der Waals surface area (Å²) < 4.78 is 0. The first kappa shape index (κ1) is 12.8. The molecule has 1 aliphatic carbocycles. The van der Waals surface area contributed by atoms with Gasteiger partial charge in [0.1, 0.15) is 0 Å². The Morgan fingerprint density at radius 2 is 2.20 bits per heavy atom. The molecule has 3 rings (SSSR count). The van der Waals surface area contributed by atoms with E-state index in [4.69, 9.17) is 5.11 Å². The topological polar surface area (TPSA) is 80.9 Å². The third kappa shape index (κ3) is 2.41. The quantitative estimate of drug-likeness (QED) is 0.918. The molecule has 0 unspecified atom stereocenters. The molecule has 1 N–H and O–H groups in total. The van der Waals surface area contributed by atoms with Crippen molar-refractivity contribution in [2.75, 3.05) is 0 Å². The number of hydrogen-bond acceptors (Lipinski definition) is 4. The van der Waals surface area contributed by atoms with Crippen LogP contribution in [-0.2, 0) is 19.4 Å². The van der Waals surface area contributed by atoms with Crippen molar-refractivity contribution in [1.29, 1.82) is 0 Å². The highest BCUT2D eigenvalue weighted by Crippen LogP contribution is 2.22. The smallest absolute Gasteiger partial charge is 0.358 e. The zero-order valence-corrected chi connectivity index (χ0v) is 11.3. The number of nitrogens with zero attached hydrogens (tertiary/aromatic N) is 4. The molecule has 2 aromatic heterocycles. The average Bonchev–Trinajstić information content (AvgIpc) is 2.88. The van der Waals surface area contributed by atoms with Gasteiger partial charge in [0, 0.05) is 11.4 Å². The standard InChI is InChI=1S/C14H16N4O2/c1-9-11(6-10-4-2-3-5-12(10)16-9)8-18-15-7-13(17-18)14(19)20/h6-7H,2-5,8H2,1H3,(H,19,20). The molecule has 0 amide bonds. The number of fused-ring (bicyclic) bond motifs is 1. The highest BCUT2D eigenvalue weighted by molar-refractivity contribution is 5.84. The Bertz CT molecular complexity index is 663. The summed E-state index contributed by atoms with van der Waals surface area (Å²) in [6.07, 6.45) is 5.81. The third-order valence-electron chi connectivity index (χ3n) is 3.66. The fourth-order valence-electron chi connectivity index (χ4n) is 2.57. The molecule has 0 saturated heterocycles. The second-order valence-electron chi connectivity index (χ2n) is 5.11. The van der Waals surface area contributed by atoms with Crippen LogP contribution in [0, 0.1) is 6.92 Å². The van der Waals surface area contributed by atoms with E-state index in [-0.39, 0.29) is 5.69 Å². The molecule has 6 nitrogen and oxygen atoms in total. The van der Waals surface area contributed by atoms with Crippen molar-refractivity contribution in [3.63, 3.8) is 0 Å². The van der Waals surface area contributed by atoms with Gasteiger partial charge < -0.3 is 5.11 Å². The van der Waals surface area contributed by atoms with Crippen molar-refractivity contribution in [1.82, 2.24) is 20.0 Å². The van der Waals surface area contributed by atoms with Crippen LogP contribution in [0.2, 0.25) is 0 Å². The summed E-state index contributed by atoms with van der Waals surface area (Å²) >= 11 is 0. The van der Waals surface area contributed by atoms with Crippen LogP contribution in [0.4, 0.5) is 0 Å². The van der Waals surface area contributed by atoms with Gasteiger partial charge in [0.25, 0.3) is 0 Å². The van der Waals surface area contributed by atoms with Crippen LogP contribution in [0.5, 0.6) is 0 Å². The maximum atomic E-state index is 10.8. The zero-order valence-electron chi connectivity index (χ0n) is 11.3. The van der Waals surface area contributed by atoms with Gasteiger partial charge in [-0.25, -0.2) is 4.79 Å². The van der Waals surface area contributed by atoms with Gasteiger partial charge >= 0.3 is 5.97 Å². The Morgan fingerprint density at radius 3 is 2.95 bits per heavy atom. The molecule has 0 saturated carbocycles. The largest absolute Gasteiger partial charge is 0.476 e. The van der Waals surface area contributed by atoms with E-state index in [1.165, 1.54) is 35.1 Å². The normalized spacial score (nSPS) is 14.1. The molecule has 0 fully saturated rings. The van der Waals surface area contributed by atoms with Gasteiger partial charge in [-0.15, -0.1) is 5.10 Å². The Kier molecular flexibility index (Phi) is 3.22. The monoisotopic (exact) mass is 272 g/mol. The van der Waals surface area contributed by atoms with E-state index in [1.807, 2.05) is 6.92 Å². The number of rotatable bonds is 3. The van der Waals surface area contributed by atoms with E-state index < -0.39 is 5.97 Å². The predicted molar refractivity (Wildman–Crippen MR) is 71.7 cm³/mol. The lowest BCUT2D eigenvalue weighted by Gasteiger charge is -2.17. The summed E-state index contributed by atoms with van der Waals surface area (Å²) in [5.41, 5.74) is 4.51. The second-order valence-corrected chi connectivity index (χ2v) is 5.11. The van der Waals surface area contributed by atoms with Crippen LogP contribution in [0.15, 0.2) is 12.3 Å². The molecule has 6 heteroatoms. The average molecular weight is 272 g/mol. The lowest BCUT2D eigenvalue weighted by atomic mass is 9.94. The van der Waals surface area contributed by atoms with Gasteiger partial charge in [-0.3, -0.25) is 4.98 Å². The fourth-order valence-corrected chi connectivity index (χ4v) is 2.57. The maximum absolute atomic E-state index is 10.8. The number of hydrogen-bond donors (Lipinski definition) is 1. The van der Waals surface area contributed by atoms with Gasteiger partial charge in [-0.2, -0.15) is 9.90 Å². The number of carboxylic acid groups (broad SMARTS) is 1. The Labute approximate surface area is 116 Å². The van der Waals surface area contributed by atoms with Crippen LogP contribution in [-0.4, -0.2) is 31.1 Å². The van der Waals surface area contributed by atoms with E-state index >= 15 is 0 Å². The molecule has 20 heavy (non-hydrogen) atoms. The van der Waals surface area contributed by atoms with Crippen molar-refractivity contribution in [3.05, 3.63) is 40.5 Å².